The van der Waals surface area contributed by atoms with Gasteiger partial charge in [0.05, 0.1) is 5.69 Å². The Morgan fingerprint density at radius 1 is 1.44 bits per heavy atom. The van der Waals surface area contributed by atoms with Crippen LogP contribution in [-0.2, 0) is 11.3 Å². The summed E-state index contributed by atoms with van der Waals surface area (Å²) in [7, 11) is 0. The van der Waals surface area contributed by atoms with Crippen molar-refractivity contribution in [3.63, 3.8) is 0 Å². The van der Waals surface area contributed by atoms with Gasteiger partial charge in [-0.3, -0.25) is 9.48 Å². The van der Waals surface area contributed by atoms with Crippen molar-refractivity contribution in [3.8, 4) is 0 Å². The van der Waals surface area contributed by atoms with Crippen LogP contribution in [-0.4, -0.2) is 22.2 Å². The third-order valence-corrected chi connectivity index (χ3v) is 2.02. The molecule has 0 bridgehead atoms. The first kappa shape index (κ1) is 14.7. The van der Waals surface area contributed by atoms with Crippen LogP contribution in [0.3, 0.4) is 0 Å². The fourth-order valence-electron chi connectivity index (χ4n) is 1.39. The van der Waals surface area contributed by atoms with Gasteiger partial charge in [-0.05, 0) is 26.3 Å². The van der Waals surface area contributed by atoms with Gasteiger partial charge in [0, 0.05) is 25.7 Å². The number of hydrogen-bond donors (Lipinski definition) is 1. The van der Waals surface area contributed by atoms with E-state index in [1.165, 1.54) is 12.6 Å². The molecule has 0 saturated carbocycles. The molecule has 1 aromatic rings. The average molecular weight is 225 g/mol. The Labute approximate surface area is 98.0 Å². The number of hydrogen-bond acceptors (Lipinski definition) is 2. The lowest BCUT2D eigenvalue weighted by molar-refractivity contribution is -0.118. The van der Waals surface area contributed by atoms with E-state index in [1.54, 1.807) is 0 Å². The van der Waals surface area contributed by atoms with Crippen LogP contribution in [0.25, 0.3) is 0 Å². The summed E-state index contributed by atoms with van der Waals surface area (Å²) in [6, 6.07) is 2.05. The first-order chi connectivity index (χ1) is 7.59. The van der Waals surface area contributed by atoms with Gasteiger partial charge in [0.15, 0.2) is 0 Å². The van der Waals surface area contributed by atoms with Crippen molar-refractivity contribution in [2.75, 3.05) is 6.54 Å². The fraction of sp³-hybridized carbons (Fsp3) is 0.667. The SMILES string of the molecule is CC.CC(=O)NCCCn1nc(C)cc1C. The summed E-state index contributed by atoms with van der Waals surface area (Å²) >= 11 is 0. The summed E-state index contributed by atoms with van der Waals surface area (Å²) in [6.45, 7) is 11.1. The highest BCUT2D eigenvalue weighted by atomic mass is 16.1. The van der Waals surface area contributed by atoms with Gasteiger partial charge in [-0.25, -0.2) is 0 Å². The summed E-state index contributed by atoms with van der Waals surface area (Å²) in [5, 5.41) is 7.09. The highest BCUT2D eigenvalue weighted by molar-refractivity contribution is 5.72. The lowest BCUT2D eigenvalue weighted by Crippen LogP contribution is -2.22. The van der Waals surface area contributed by atoms with Crippen molar-refractivity contribution in [1.29, 1.82) is 0 Å². The van der Waals surface area contributed by atoms with E-state index < -0.39 is 0 Å². The van der Waals surface area contributed by atoms with Gasteiger partial charge in [-0.2, -0.15) is 5.10 Å². The topological polar surface area (TPSA) is 46.9 Å². The van der Waals surface area contributed by atoms with Crippen LogP contribution in [0.1, 0.15) is 38.6 Å². The third kappa shape index (κ3) is 5.53. The van der Waals surface area contributed by atoms with Gasteiger partial charge < -0.3 is 5.32 Å². The van der Waals surface area contributed by atoms with Gasteiger partial charge in [0.25, 0.3) is 0 Å². The molecular formula is C12H23N3O. The average Bonchev–Trinajstić information content (AvgIpc) is 2.55. The largest absolute Gasteiger partial charge is 0.356 e. The lowest BCUT2D eigenvalue weighted by Gasteiger charge is -2.04. The molecule has 4 nitrogen and oxygen atoms in total. The zero-order chi connectivity index (χ0) is 12.6. The van der Waals surface area contributed by atoms with E-state index in [1.807, 2.05) is 32.4 Å². The molecule has 0 fully saturated rings. The summed E-state index contributed by atoms with van der Waals surface area (Å²) in [4.78, 5) is 10.6. The van der Waals surface area contributed by atoms with Gasteiger partial charge in [0.1, 0.15) is 0 Å². The Morgan fingerprint density at radius 2 is 2.06 bits per heavy atom. The second-order valence-electron chi connectivity index (χ2n) is 3.49. The van der Waals surface area contributed by atoms with E-state index in [9.17, 15) is 4.79 Å². The molecule has 1 rings (SSSR count). The molecule has 0 unspecified atom stereocenters. The number of carbonyl (C=O) groups is 1. The van der Waals surface area contributed by atoms with E-state index >= 15 is 0 Å². The molecule has 1 N–H and O–H groups in total. The summed E-state index contributed by atoms with van der Waals surface area (Å²) in [5.74, 6) is 0.0263. The van der Waals surface area contributed by atoms with E-state index in [-0.39, 0.29) is 5.91 Å². The van der Waals surface area contributed by atoms with Crippen LogP contribution >= 0.6 is 0 Å². The quantitative estimate of drug-likeness (QED) is 0.797. The zero-order valence-corrected chi connectivity index (χ0v) is 11.0. The lowest BCUT2D eigenvalue weighted by atomic mass is 10.4. The van der Waals surface area contributed by atoms with E-state index in [2.05, 4.69) is 16.5 Å². The normalized spacial score (nSPS) is 9.31. The molecule has 0 aliphatic heterocycles. The van der Waals surface area contributed by atoms with Crippen LogP contribution in [0.4, 0.5) is 0 Å². The minimum absolute atomic E-state index is 0.0263. The summed E-state index contributed by atoms with van der Waals surface area (Å²) in [5.41, 5.74) is 2.22. The summed E-state index contributed by atoms with van der Waals surface area (Å²) < 4.78 is 1.97. The highest BCUT2D eigenvalue weighted by Gasteiger charge is 1.99. The van der Waals surface area contributed by atoms with Gasteiger partial charge in [-0.15, -0.1) is 0 Å². The van der Waals surface area contributed by atoms with Crippen LogP contribution in [0.15, 0.2) is 6.07 Å². The van der Waals surface area contributed by atoms with E-state index in [0.29, 0.717) is 6.54 Å². The van der Waals surface area contributed by atoms with E-state index in [4.69, 9.17) is 0 Å². The first-order valence-corrected chi connectivity index (χ1v) is 5.85. The number of rotatable bonds is 4. The van der Waals surface area contributed by atoms with Crippen molar-refractivity contribution in [2.45, 2.75) is 47.6 Å². The number of carbonyl (C=O) groups excluding carboxylic acids is 1. The molecule has 1 amide bonds. The Hall–Kier alpha value is -1.32. The first-order valence-electron chi connectivity index (χ1n) is 5.85. The maximum atomic E-state index is 10.6. The number of nitrogens with one attached hydrogen (secondary N) is 1. The molecule has 0 aromatic carbocycles. The van der Waals surface area contributed by atoms with Crippen molar-refractivity contribution in [3.05, 3.63) is 17.5 Å². The Balaban J connectivity index is 0.00000106. The van der Waals surface area contributed by atoms with Crippen LogP contribution in [0, 0.1) is 13.8 Å². The molecule has 0 spiro atoms. The predicted octanol–water partition coefficient (Wildman–Crippen LogP) is 2.05. The number of nitrogens with zero attached hydrogens (tertiary/aromatic N) is 2. The number of aromatic nitrogens is 2. The molecule has 0 aliphatic rings. The van der Waals surface area contributed by atoms with Gasteiger partial charge >= 0.3 is 0 Å². The van der Waals surface area contributed by atoms with Crippen molar-refractivity contribution in [1.82, 2.24) is 15.1 Å². The Morgan fingerprint density at radius 3 is 2.50 bits per heavy atom. The molecule has 0 aliphatic carbocycles. The molecule has 0 saturated heterocycles. The zero-order valence-electron chi connectivity index (χ0n) is 11.0. The molecule has 0 atom stereocenters. The molecule has 16 heavy (non-hydrogen) atoms. The number of amides is 1. The predicted molar refractivity (Wildman–Crippen MR) is 66.3 cm³/mol. The molecule has 4 heteroatoms. The van der Waals surface area contributed by atoms with Crippen molar-refractivity contribution in [2.24, 2.45) is 0 Å². The van der Waals surface area contributed by atoms with Gasteiger partial charge in [-0.1, -0.05) is 13.8 Å². The molecule has 1 aromatic heterocycles. The Kier molecular flexibility index (Phi) is 7.25. The van der Waals surface area contributed by atoms with Crippen LogP contribution in [0.5, 0.6) is 0 Å². The maximum Gasteiger partial charge on any atom is 0.216 e. The maximum absolute atomic E-state index is 10.6. The standard InChI is InChI=1S/C10H17N3O.C2H6/c1-8-7-9(2)13(12-8)6-4-5-11-10(3)14;1-2/h7H,4-6H2,1-3H3,(H,11,14);1-2H3. The molecule has 92 valence electrons. The number of aryl methyl sites for hydroxylation is 3. The summed E-state index contributed by atoms with van der Waals surface area (Å²) in [6.07, 6.45) is 0.918. The fourth-order valence-corrected chi connectivity index (χ4v) is 1.39. The van der Waals surface area contributed by atoms with Crippen molar-refractivity contribution >= 4 is 5.91 Å². The minimum Gasteiger partial charge on any atom is -0.356 e. The van der Waals surface area contributed by atoms with Crippen LogP contribution in [0.2, 0.25) is 0 Å². The van der Waals surface area contributed by atoms with Crippen LogP contribution < -0.4 is 5.32 Å². The highest BCUT2D eigenvalue weighted by Crippen LogP contribution is 2.01. The second kappa shape index (κ2) is 7.91. The Bertz CT molecular complexity index is 318. The minimum atomic E-state index is 0.0263. The van der Waals surface area contributed by atoms with E-state index in [0.717, 1.165) is 18.7 Å². The third-order valence-electron chi connectivity index (χ3n) is 2.02. The molecule has 0 radical (unpaired) electrons. The van der Waals surface area contributed by atoms with Gasteiger partial charge in [0.2, 0.25) is 5.91 Å². The molecular weight excluding hydrogens is 202 g/mol. The monoisotopic (exact) mass is 225 g/mol. The van der Waals surface area contributed by atoms with Crippen molar-refractivity contribution < 1.29 is 4.79 Å². The molecule has 1 heterocycles. The second-order valence-corrected chi connectivity index (χ2v) is 3.49. The smallest absolute Gasteiger partial charge is 0.216 e.